The second kappa shape index (κ2) is 7.00. The summed E-state index contributed by atoms with van der Waals surface area (Å²) in [5.41, 5.74) is 7.37. The summed E-state index contributed by atoms with van der Waals surface area (Å²) in [5, 5.41) is 2.27. The van der Waals surface area contributed by atoms with Gasteiger partial charge in [0.25, 0.3) is 5.91 Å². The Hall–Kier alpha value is -3.14. The Bertz CT molecular complexity index is 840. The second-order valence-electron chi connectivity index (χ2n) is 6.47. The highest BCUT2D eigenvalue weighted by Crippen LogP contribution is 2.34. The maximum atomic E-state index is 12.8. The first-order valence-corrected chi connectivity index (χ1v) is 8.43. The van der Waals surface area contributed by atoms with E-state index >= 15 is 0 Å². The van der Waals surface area contributed by atoms with E-state index in [0.29, 0.717) is 29.5 Å². The normalized spacial score (nSPS) is 20.3. The van der Waals surface area contributed by atoms with E-state index in [4.69, 9.17) is 12.2 Å². The summed E-state index contributed by atoms with van der Waals surface area (Å²) < 4.78 is 0. The lowest BCUT2D eigenvalue weighted by Gasteiger charge is -2.29. The van der Waals surface area contributed by atoms with Crippen LogP contribution < -0.4 is 11.1 Å². The fourth-order valence-corrected chi connectivity index (χ4v) is 3.61. The third-order valence-corrected chi connectivity index (χ3v) is 4.91. The number of carbonyl (C=O) groups excluding carboxylic acids is 4. The van der Waals surface area contributed by atoms with Crippen molar-refractivity contribution in [2.45, 2.75) is 44.2 Å². The molecule has 0 aromatic heterocycles. The van der Waals surface area contributed by atoms with E-state index in [1.165, 1.54) is 4.90 Å². The molecule has 3 rings (SSSR count). The fraction of sp³-hybridized carbons (Fsp3) is 0.368. The molecule has 0 radical (unpaired) electrons. The zero-order valence-corrected chi connectivity index (χ0v) is 14.2. The monoisotopic (exact) mass is 353 g/mol. The van der Waals surface area contributed by atoms with Gasteiger partial charge in [0.1, 0.15) is 6.04 Å². The number of fused-ring (bicyclic) bond motifs is 1. The summed E-state index contributed by atoms with van der Waals surface area (Å²) in [7, 11) is 0. The predicted octanol–water partition coefficient (Wildman–Crippen LogP) is 0.430. The number of carbonyl (C=O) groups is 4. The van der Waals surface area contributed by atoms with Crippen LogP contribution in [0.1, 0.15) is 53.1 Å². The summed E-state index contributed by atoms with van der Waals surface area (Å²) in [6.07, 6.45) is 6.57. The van der Waals surface area contributed by atoms with Gasteiger partial charge in [0.05, 0.1) is 5.92 Å². The van der Waals surface area contributed by atoms with Gasteiger partial charge in [-0.3, -0.25) is 24.5 Å². The molecule has 2 aliphatic rings. The number of imide groups is 1. The van der Waals surface area contributed by atoms with Gasteiger partial charge in [0.15, 0.2) is 0 Å². The third-order valence-electron chi connectivity index (χ3n) is 4.91. The zero-order chi connectivity index (χ0) is 18.8. The molecular formula is C19H19N3O4. The summed E-state index contributed by atoms with van der Waals surface area (Å²) in [6, 6.07) is 4.45. The summed E-state index contributed by atoms with van der Waals surface area (Å²) in [6.45, 7) is 0.205. The average molecular weight is 353 g/mol. The second-order valence-corrected chi connectivity index (χ2v) is 6.47. The van der Waals surface area contributed by atoms with Gasteiger partial charge in [-0.2, -0.15) is 0 Å². The van der Waals surface area contributed by atoms with Crippen molar-refractivity contribution in [3.63, 3.8) is 0 Å². The lowest BCUT2D eigenvalue weighted by molar-refractivity contribution is -0.137. The molecule has 2 unspecified atom stereocenters. The van der Waals surface area contributed by atoms with Gasteiger partial charge < -0.3 is 10.6 Å². The highest BCUT2D eigenvalue weighted by atomic mass is 16.2. The molecule has 3 N–H and O–H groups in total. The smallest absolute Gasteiger partial charge is 0.255 e. The number of piperidine rings is 1. The number of amides is 4. The van der Waals surface area contributed by atoms with Crippen LogP contribution in [0.4, 0.5) is 0 Å². The quantitative estimate of drug-likeness (QED) is 0.591. The number of hydrogen-bond donors (Lipinski definition) is 2. The van der Waals surface area contributed by atoms with Crippen molar-refractivity contribution in [3.05, 3.63) is 34.9 Å². The Balaban J connectivity index is 1.92. The number of nitrogens with zero attached hydrogens (tertiary/aromatic N) is 1. The van der Waals surface area contributed by atoms with Crippen molar-refractivity contribution in [2.75, 3.05) is 0 Å². The van der Waals surface area contributed by atoms with Crippen molar-refractivity contribution < 1.29 is 19.2 Å². The first-order valence-electron chi connectivity index (χ1n) is 8.43. The lowest BCUT2D eigenvalue weighted by Crippen LogP contribution is -2.52. The fourth-order valence-electron chi connectivity index (χ4n) is 3.61. The van der Waals surface area contributed by atoms with Gasteiger partial charge >= 0.3 is 0 Å². The van der Waals surface area contributed by atoms with Gasteiger partial charge in [-0.05, 0) is 30.0 Å². The molecule has 0 bridgehead atoms. The minimum Gasteiger partial charge on any atom is -0.369 e. The van der Waals surface area contributed by atoms with Gasteiger partial charge in [0.2, 0.25) is 17.7 Å². The van der Waals surface area contributed by atoms with Gasteiger partial charge in [-0.25, -0.2) is 0 Å². The number of rotatable bonds is 5. The molecule has 2 heterocycles. The molecule has 1 aromatic rings. The van der Waals surface area contributed by atoms with Crippen molar-refractivity contribution >= 4 is 23.6 Å². The van der Waals surface area contributed by atoms with Gasteiger partial charge in [-0.1, -0.05) is 12.1 Å². The zero-order valence-electron chi connectivity index (χ0n) is 14.2. The van der Waals surface area contributed by atoms with Crippen LogP contribution >= 0.6 is 0 Å². The minimum absolute atomic E-state index is 0.190. The van der Waals surface area contributed by atoms with E-state index in [-0.39, 0.29) is 31.2 Å². The Labute approximate surface area is 150 Å². The van der Waals surface area contributed by atoms with Crippen LogP contribution in [0.2, 0.25) is 0 Å². The van der Waals surface area contributed by atoms with Crippen molar-refractivity contribution in [3.8, 4) is 12.3 Å². The molecule has 2 aliphatic heterocycles. The number of hydrogen-bond acceptors (Lipinski definition) is 4. The molecule has 26 heavy (non-hydrogen) atoms. The first kappa shape index (κ1) is 17.7. The molecule has 0 spiro atoms. The van der Waals surface area contributed by atoms with E-state index in [1.54, 1.807) is 18.2 Å². The SMILES string of the molecule is C#CCCC(C(N)=O)c1cccc2c1CN(C1CCC(=O)NC1=O)C2=O. The topological polar surface area (TPSA) is 110 Å². The molecule has 0 saturated carbocycles. The molecule has 0 aliphatic carbocycles. The number of benzene rings is 1. The van der Waals surface area contributed by atoms with Crippen LogP contribution in [-0.4, -0.2) is 34.6 Å². The number of nitrogens with one attached hydrogen (secondary N) is 1. The van der Waals surface area contributed by atoms with Crippen molar-refractivity contribution in [1.82, 2.24) is 10.2 Å². The van der Waals surface area contributed by atoms with Gasteiger partial charge in [0, 0.05) is 24.9 Å². The van der Waals surface area contributed by atoms with Crippen LogP contribution in [0.3, 0.4) is 0 Å². The largest absolute Gasteiger partial charge is 0.369 e. The van der Waals surface area contributed by atoms with E-state index in [1.807, 2.05) is 0 Å². The molecule has 7 nitrogen and oxygen atoms in total. The van der Waals surface area contributed by atoms with E-state index in [9.17, 15) is 19.2 Å². The van der Waals surface area contributed by atoms with Crippen molar-refractivity contribution in [1.29, 1.82) is 0 Å². The molecule has 1 saturated heterocycles. The standard InChI is InChI=1S/C19H19N3O4/c1-2-3-5-12(17(20)24)11-6-4-7-13-14(11)10-22(19(13)26)15-8-9-16(23)21-18(15)25/h1,4,6-7,12,15H,3,5,8-10H2,(H2,20,24)(H,21,23,25). The highest BCUT2D eigenvalue weighted by molar-refractivity contribution is 6.05. The third kappa shape index (κ3) is 3.06. The minimum atomic E-state index is -0.696. The van der Waals surface area contributed by atoms with Crippen LogP contribution in [-0.2, 0) is 20.9 Å². The number of primary amides is 1. The molecule has 134 valence electrons. The Morgan fingerprint density at radius 2 is 2.15 bits per heavy atom. The van der Waals surface area contributed by atoms with E-state index in [0.717, 1.165) is 0 Å². The molecular weight excluding hydrogens is 334 g/mol. The maximum absolute atomic E-state index is 12.8. The predicted molar refractivity (Wildman–Crippen MR) is 92.5 cm³/mol. The van der Waals surface area contributed by atoms with Gasteiger partial charge in [-0.15, -0.1) is 12.3 Å². The highest BCUT2D eigenvalue weighted by Gasteiger charge is 2.40. The maximum Gasteiger partial charge on any atom is 0.255 e. The Morgan fingerprint density at radius 1 is 1.38 bits per heavy atom. The molecule has 4 amide bonds. The average Bonchev–Trinajstić information content (AvgIpc) is 2.93. The van der Waals surface area contributed by atoms with Crippen LogP contribution in [0.25, 0.3) is 0 Å². The molecule has 1 fully saturated rings. The van der Waals surface area contributed by atoms with E-state index in [2.05, 4.69) is 11.2 Å². The first-order chi connectivity index (χ1) is 12.4. The Kier molecular flexibility index (Phi) is 4.76. The van der Waals surface area contributed by atoms with Crippen LogP contribution in [0.15, 0.2) is 18.2 Å². The van der Waals surface area contributed by atoms with Crippen LogP contribution in [0.5, 0.6) is 0 Å². The lowest BCUT2D eigenvalue weighted by atomic mass is 9.88. The summed E-state index contributed by atoms with van der Waals surface area (Å²) >= 11 is 0. The summed E-state index contributed by atoms with van der Waals surface area (Å²) in [4.78, 5) is 49.6. The number of nitrogens with two attached hydrogens (primary N) is 1. The van der Waals surface area contributed by atoms with E-state index < -0.39 is 23.8 Å². The van der Waals surface area contributed by atoms with Crippen molar-refractivity contribution in [2.24, 2.45) is 5.73 Å². The number of terminal acetylenes is 1. The molecule has 2 atom stereocenters. The Morgan fingerprint density at radius 3 is 2.81 bits per heavy atom. The molecule has 7 heteroatoms. The summed E-state index contributed by atoms with van der Waals surface area (Å²) in [5.74, 6) is 0.328. The molecule has 1 aromatic carbocycles. The van der Waals surface area contributed by atoms with Crippen LogP contribution in [0, 0.1) is 12.3 Å².